The first kappa shape index (κ1) is 18.8. The third kappa shape index (κ3) is 4.43. The van der Waals surface area contributed by atoms with Crippen LogP contribution in [0.3, 0.4) is 0 Å². The molecule has 7 heteroatoms. The van der Waals surface area contributed by atoms with Crippen LogP contribution in [-0.2, 0) is 4.74 Å². The van der Waals surface area contributed by atoms with Crippen LogP contribution in [0.2, 0.25) is 0 Å². The van der Waals surface area contributed by atoms with E-state index in [0.717, 1.165) is 5.56 Å². The van der Waals surface area contributed by atoms with Crippen molar-refractivity contribution in [1.82, 2.24) is 0 Å². The lowest BCUT2D eigenvalue weighted by Gasteiger charge is -2.33. The fourth-order valence-corrected chi connectivity index (χ4v) is 2.98. The molecule has 144 valence electrons. The molecule has 0 aromatic heterocycles. The number of ether oxygens (including phenoxy) is 3. The van der Waals surface area contributed by atoms with Crippen molar-refractivity contribution in [1.29, 1.82) is 0 Å². The molecule has 7 nitrogen and oxygen atoms in total. The number of nitrogens with one attached hydrogen (secondary N) is 1. The number of hydrogen-bond acceptors (Lipinski definition) is 6. The highest BCUT2D eigenvalue weighted by molar-refractivity contribution is 5.85. The zero-order chi connectivity index (χ0) is 19.4. The Morgan fingerprint density at radius 3 is 2.59 bits per heavy atom. The molecule has 1 heterocycles. The van der Waals surface area contributed by atoms with Crippen LogP contribution in [-0.4, -0.2) is 29.7 Å². The summed E-state index contributed by atoms with van der Waals surface area (Å²) < 4.78 is 16.3. The molecule has 1 atom stereocenters. The van der Waals surface area contributed by atoms with Crippen molar-refractivity contribution in [3.8, 4) is 17.2 Å². The van der Waals surface area contributed by atoms with E-state index in [2.05, 4.69) is 5.32 Å². The van der Waals surface area contributed by atoms with Crippen LogP contribution in [0, 0.1) is 5.41 Å². The largest absolute Gasteiger partial charge is 0.508 e. The molecular weight excluding hydrogens is 350 g/mol. The Hall–Kier alpha value is -2.93. The lowest BCUT2D eigenvalue weighted by molar-refractivity contribution is 0.0152. The molecule has 1 aliphatic rings. The summed E-state index contributed by atoms with van der Waals surface area (Å²) in [5.41, 5.74) is 0.735. The second-order valence-electron chi connectivity index (χ2n) is 7.03. The minimum absolute atomic E-state index is 0.0330. The first-order valence-corrected chi connectivity index (χ1v) is 8.66. The highest BCUT2D eigenvalue weighted by Gasteiger charge is 2.34. The van der Waals surface area contributed by atoms with Crippen LogP contribution in [0.5, 0.6) is 17.2 Å². The van der Waals surface area contributed by atoms with E-state index in [1.807, 2.05) is 13.8 Å². The Morgan fingerprint density at radius 1 is 1.19 bits per heavy atom. The smallest absolute Gasteiger partial charge is 0.412 e. The molecule has 0 fully saturated rings. The highest BCUT2D eigenvalue weighted by Crippen LogP contribution is 2.40. The number of carbonyl (C=O) groups is 1. The van der Waals surface area contributed by atoms with Crippen LogP contribution < -0.4 is 14.8 Å². The fourth-order valence-electron chi connectivity index (χ4n) is 2.98. The van der Waals surface area contributed by atoms with Gasteiger partial charge in [-0.1, -0.05) is 26.0 Å². The van der Waals surface area contributed by atoms with Crippen LogP contribution in [0.1, 0.15) is 31.9 Å². The predicted molar refractivity (Wildman–Crippen MR) is 99.0 cm³/mol. The van der Waals surface area contributed by atoms with Gasteiger partial charge in [-0.15, -0.1) is 0 Å². The Morgan fingerprint density at radius 2 is 1.89 bits per heavy atom. The van der Waals surface area contributed by atoms with Gasteiger partial charge in [0.1, 0.15) is 11.9 Å². The summed E-state index contributed by atoms with van der Waals surface area (Å²) >= 11 is 0. The van der Waals surface area contributed by atoms with E-state index in [1.54, 1.807) is 30.3 Å². The summed E-state index contributed by atoms with van der Waals surface area (Å²) in [4.78, 5) is 12.5. The van der Waals surface area contributed by atoms with Crippen molar-refractivity contribution in [3.05, 3.63) is 48.0 Å². The monoisotopic (exact) mass is 373 g/mol. The molecule has 1 amide bonds. The molecule has 0 unspecified atom stereocenters. The van der Waals surface area contributed by atoms with Crippen molar-refractivity contribution in [2.75, 3.05) is 18.7 Å². The maximum Gasteiger partial charge on any atom is 0.412 e. The van der Waals surface area contributed by atoms with Crippen molar-refractivity contribution >= 4 is 11.8 Å². The maximum atomic E-state index is 12.5. The number of fused-ring (bicyclic) bond motifs is 1. The maximum absolute atomic E-state index is 12.5. The van der Waals surface area contributed by atoms with Crippen molar-refractivity contribution in [2.45, 2.75) is 26.4 Å². The van der Waals surface area contributed by atoms with Gasteiger partial charge in [-0.25, -0.2) is 4.79 Å². The minimum atomic E-state index is -0.627. The van der Waals surface area contributed by atoms with Gasteiger partial charge in [0.25, 0.3) is 0 Å². The molecule has 2 aromatic rings. The average Bonchev–Trinajstić information content (AvgIpc) is 3.08. The molecule has 0 aliphatic carbocycles. The molecule has 1 aliphatic heterocycles. The first-order chi connectivity index (χ1) is 12.9. The second-order valence-corrected chi connectivity index (χ2v) is 7.03. The number of benzene rings is 2. The molecule has 2 aromatic carbocycles. The second kappa shape index (κ2) is 7.75. The molecule has 3 N–H and O–H groups in total. The summed E-state index contributed by atoms with van der Waals surface area (Å²) in [6.07, 6.45) is -0.798. The van der Waals surface area contributed by atoms with Gasteiger partial charge in [-0.3, -0.25) is 5.32 Å². The number of aromatic hydroxyl groups is 1. The Balaban J connectivity index is 1.76. The summed E-state index contributed by atoms with van der Waals surface area (Å²) in [5, 5.41) is 21.6. The van der Waals surface area contributed by atoms with E-state index in [4.69, 9.17) is 14.2 Å². The normalized spacial score (nSPS) is 13.9. The van der Waals surface area contributed by atoms with Gasteiger partial charge >= 0.3 is 6.09 Å². The number of rotatable bonds is 6. The van der Waals surface area contributed by atoms with E-state index in [0.29, 0.717) is 23.6 Å². The van der Waals surface area contributed by atoms with Gasteiger partial charge in [0.05, 0.1) is 0 Å². The summed E-state index contributed by atoms with van der Waals surface area (Å²) in [7, 11) is 0. The van der Waals surface area contributed by atoms with Crippen LogP contribution >= 0.6 is 0 Å². The molecular formula is C20H23NO6. The summed E-state index contributed by atoms with van der Waals surface area (Å²) in [5.74, 6) is 1.31. The van der Waals surface area contributed by atoms with Gasteiger partial charge in [-0.05, 0) is 36.2 Å². The quantitative estimate of drug-likeness (QED) is 0.712. The zero-order valence-electron chi connectivity index (χ0n) is 15.3. The van der Waals surface area contributed by atoms with Crippen LogP contribution in [0.25, 0.3) is 0 Å². The standard InChI is InChI=1S/C20H23NO6/c1-20(2,9-10-22)18(13-3-6-15(23)7-4-13)27-19(24)21-14-5-8-16-17(11-14)26-12-25-16/h3-8,11,18,22-23H,9-10,12H2,1-2H3,(H,21,24)/t18-/m1/s1. The van der Waals surface area contributed by atoms with Crippen molar-refractivity contribution in [2.24, 2.45) is 5.41 Å². The number of aliphatic hydroxyl groups is 1. The number of phenolic OH excluding ortho intramolecular Hbond substituents is 1. The van der Waals surface area contributed by atoms with Crippen LogP contribution in [0.4, 0.5) is 10.5 Å². The zero-order valence-corrected chi connectivity index (χ0v) is 15.3. The van der Waals surface area contributed by atoms with Crippen LogP contribution in [0.15, 0.2) is 42.5 Å². The van der Waals surface area contributed by atoms with Gasteiger partial charge < -0.3 is 24.4 Å². The summed E-state index contributed by atoms with van der Waals surface area (Å²) in [6.45, 7) is 3.94. The summed E-state index contributed by atoms with van der Waals surface area (Å²) in [6, 6.07) is 11.6. The molecule has 0 spiro atoms. The third-order valence-corrected chi connectivity index (χ3v) is 4.51. The van der Waals surface area contributed by atoms with E-state index in [-0.39, 0.29) is 19.1 Å². The Labute approximate surface area is 157 Å². The van der Waals surface area contributed by atoms with E-state index in [9.17, 15) is 15.0 Å². The van der Waals surface area contributed by atoms with E-state index in [1.165, 1.54) is 12.1 Å². The number of anilines is 1. The van der Waals surface area contributed by atoms with E-state index < -0.39 is 17.6 Å². The Bertz CT molecular complexity index is 803. The lowest BCUT2D eigenvalue weighted by Crippen LogP contribution is -2.29. The van der Waals surface area contributed by atoms with Crippen molar-refractivity contribution < 1.29 is 29.2 Å². The number of amides is 1. The number of phenols is 1. The molecule has 27 heavy (non-hydrogen) atoms. The van der Waals surface area contributed by atoms with Gasteiger partial charge in [0, 0.05) is 23.8 Å². The van der Waals surface area contributed by atoms with Gasteiger partial charge in [0.2, 0.25) is 6.79 Å². The van der Waals surface area contributed by atoms with Gasteiger partial charge in [0.15, 0.2) is 11.5 Å². The first-order valence-electron chi connectivity index (χ1n) is 8.66. The van der Waals surface area contributed by atoms with Gasteiger partial charge in [-0.2, -0.15) is 0 Å². The topological polar surface area (TPSA) is 97.3 Å². The highest BCUT2D eigenvalue weighted by atomic mass is 16.7. The predicted octanol–water partition coefficient (Wildman–Crippen LogP) is 3.82. The number of aliphatic hydroxyl groups excluding tert-OH is 1. The van der Waals surface area contributed by atoms with Crippen molar-refractivity contribution in [3.63, 3.8) is 0 Å². The molecule has 3 rings (SSSR count). The fraction of sp³-hybridized carbons (Fsp3) is 0.350. The molecule has 0 bridgehead atoms. The minimum Gasteiger partial charge on any atom is -0.508 e. The lowest BCUT2D eigenvalue weighted by atomic mass is 9.80. The van der Waals surface area contributed by atoms with E-state index >= 15 is 0 Å². The number of carbonyl (C=O) groups excluding carboxylic acids is 1. The molecule has 0 radical (unpaired) electrons. The average molecular weight is 373 g/mol. The third-order valence-electron chi connectivity index (χ3n) is 4.51. The number of hydrogen-bond donors (Lipinski definition) is 3. The Kier molecular flexibility index (Phi) is 5.41. The SMILES string of the molecule is CC(C)(CCO)[C@H](OC(=O)Nc1ccc2c(c1)OCO2)c1ccc(O)cc1. The molecule has 0 saturated heterocycles. The molecule has 0 saturated carbocycles.